The molecule has 0 fully saturated rings. The molecule has 3 aromatic rings. The highest BCUT2D eigenvalue weighted by Crippen LogP contribution is 2.31. The van der Waals surface area contributed by atoms with Crippen LogP contribution < -0.4 is 10.2 Å². The van der Waals surface area contributed by atoms with Crippen LogP contribution in [0.4, 0.5) is 0 Å². The summed E-state index contributed by atoms with van der Waals surface area (Å²) in [7, 11) is 0. The summed E-state index contributed by atoms with van der Waals surface area (Å²) in [6.07, 6.45) is 17.7. The van der Waals surface area contributed by atoms with Gasteiger partial charge in [-0.1, -0.05) is 96.1 Å². The topological polar surface area (TPSA) is 97.0 Å². The van der Waals surface area contributed by atoms with Crippen LogP contribution in [0, 0.1) is 0 Å². The van der Waals surface area contributed by atoms with Gasteiger partial charge in [0.2, 0.25) is 5.43 Å². The van der Waals surface area contributed by atoms with E-state index in [2.05, 4.69) is 6.92 Å². The number of esters is 1. The molecule has 6 nitrogen and oxygen atoms in total. The van der Waals surface area contributed by atoms with E-state index in [-0.39, 0.29) is 39.8 Å². The second kappa shape index (κ2) is 15.1. The van der Waals surface area contributed by atoms with E-state index in [4.69, 9.17) is 9.15 Å². The summed E-state index contributed by atoms with van der Waals surface area (Å²) >= 11 is 0. The average molecular weight is 509 g/mol. The average Bonchev–Trinajstić information content (AvgIpc) is 2.87. The van der Waals surface area contributed by atoms with Crippen molar-refractivity contribution in [3.05, 3.63) is 52.9 Å². The normalized spacial score (nSPS) is 11.2. The number of benzene rings is 2. The standard InChI is InChI=1S/C31H40O6/c1-2-3-4-5-6-7-8-9-10-11-12-13-14-15-29(34)37-25-20-27(33)30-28(21-25)36-22-26(31(30)35)23-16-18-24(32)19-17-23/h16-22,32-33H,2-15H2,1H3. The Hall–Kier alpha value is -3.28. The fourth-order valence-corrected chi connectivity index (χ4v) is 4.58. The number of aromatic hydroxyl groups is 2. The zero-order valence-electron chi connectivity index (χ0n) is 22.0. The molecule has 0 aliphatic carbocycles. The predicted octanol–water partition coefficient (Wildman–Crippen LogP) is 8.26. The highest BCUT2D eigenvalue weighted by atomic mass is 16.5. The van der Waals surface area contributed by atoms with Crippen LogP contribution in [0.15, 0.2) is 51.9 Å². The molecule has 0 aliphatic rings. The number of carbonyl (C=O) groups is 1. The quantitative estimate of drug-likeness (QED) is 0.115. The molecule has 1 heterocycles. The zero-order valence-corrected chi connectivity index (χ0v) is 22.0. The Bertz CT molecular complexity index is 1180. The van der Waals surface area contributed by atoms with Gasteiger partial charge in [0.05, 0.1) is 5.56 Å². The van der Waals surface area contributed by atoms with Gasteiger partial charge in [-0.3, -0.25) is 9.59 Å². The summed E-state index contributed by atoms with van der Waals surface area (Å²) in [5.74, 6) is -0.451. The van der Waals surface area contributed by atoms with E-state index in [9.17, 15) is 19.8 Å². The van der Waals surface area contributed by atoms with Gasteiger partial charge in [-0.15, -0.1) is 0 Å². The zero-order chi connectivity index (χ0) is 26.5. The van der Waals surface area contributed by atoms with Crippen molar-refractivity contribution in [3.8, 4) is 28.4 Å². The van der Waals surface area contributed by atoms with E-state index in [1.807, 2.05) is 0 Å². The van der Waals surface area contributed by atoms with Gasteiger partial charge >= 0.3 is 5.97 Å². The Morgan fingerprint density at radius 2 is 1.38 bits per heavy atom. The van der Waals surface area contributed by atoms with E-state index in [0.717, 1.165) is 19.3 Å². The van der Waals surface area contributed by atoms with Crippen LogP contribution in [0.5, 0.6) is 17.2 Å². The molecule has 37 heavy (non-hydrogen) atoms. The highest BCUT2D eigenvalue weighted by molar-refractivity contribution is 5.88. The first-order chi connectivity index (χ1) is 18.0. The highest BCUT2D eigenvalue weighted by Gasteiger charge is 2.16. The number of hydrogen-bond donors (Lipinski definition) is 2. The number of unbranched alkanes of at least 4 members (excludes halogenated alkanes) is 12. The molecule has 2 N–H and O–H groups in total. The lowest BCUT2D eigenvalue weighted by Gasteiger charge is -2.08. The molecular weight excluding hydrogens is 468 g/mol. The van der Waals surface area contributed by atoms with Crippen molar-refractivity contribution in [1.29, 1.82) is 0 Å². The van der Waals surface area contributed by atoms with Gasteiger partial charge in [-0.25, -0.2) is 0 Å². The number of phenolic OH excluding ortho intramolecular Hbond substituents is 2. The molecule has 0 amide bonds. The van der Waals surface area contributed by atoms with Crippen LogP contribution in [-0.2, 0) is 4.79 Å². The Morgan fingerprint density at radius 1 is 0.811 bits per heavy atom. The van der Waals surface area contributed by atoms with E-state index in [0.29, 0.717) is 12.0 Å². The molecule has 0 aliphatic heterocycles. The Balaban J connectivity index is 1.39. The lowest BCUT2D eigenvalue weighted by molar-refractivity contribution is -0.134. The predicted molar refractivity (Wildman–Crippen MR) is 147 cm³/mol. The number of phenols is 2. The number of hydrogen-bond acceptors (Lipinski definition) is 6. The van der Waals surface area contributed by atoms with Crippen molar-refractivity contribution in [2.75, 3.05) is 0 Å². The summed E-state index contributed by atoms with van der Waals surface area (Å²) in [5, 5.41) is 19.9. The van der Waals surface area contributed by atoms with Crippen molar-refractivity contribution >= 4 is 16.9 Å². The van der Waals surface area contributed by atoms with Crippen LogP contribution >= 0.6 is 0 Å². The second-order valence-electron chi connectivity index (χ2n) is 9.81. The number of fused-ring (bicyclic) bond motifs is 1. The SMILES string of the molecule is CCCCCCCCCCCCCCCC(=O)Oc1cc(O)c2c(=O)c(-c3ccc(O)cc3)coc2c1. The van der Waals surface area contributed by atoms with Crippen molar-refractivity contribution in [3.63, 3.8) is 0 Å². The molecule has 200 valence electrons. The van der Waals surface area contributed by atoms with Gasteiger partial charge in [-0.05, 0) is 24.1 Å². The minimum absolute atomic E-state index is 0.0156. The Kier molecular flexibility index (Phi) is 11.5. The molecule has 6 heteroatoms. The molecular formula is C31H40O6. The molecule has 0 saturated heterocycles. The number of ether oxygens (including phenoxy) is 1. The van der Waals surface area contributed by atoms with Crippen molar-refractivity contribution < 1.29 is 24.2 Å². The summed E-state index contributed by atoms with van der Waals surface area (Å²) in [4.78, 5) is 25.2. The van der Waals surface area contributed by atoms with Gasteiger partial charge in [0, 0.05) is 18.6 Å². The Morgan fingerprint density at radius 3 is 1.97 bits per heavy atom. The van der Waals surface area contributed by atoms with Gasteiger partial charge in [0.15, 0.2) is 0 Å². The monoisotopic (exact) mass is 508 g/mol. The van der Waals surface area contributed by atoms with Gasteiger partial charge in [-0.2, -0.15) is 0 Å². The maximum Gasteiger partial charge on any atom is 0.311 e. The van der Waals surface area contributed by atoms with Crippen molar-refractivity contribution in [2.24, 2.45) is 0 Å². The maximum absolute atomic E-state index is 12.9. The first kappa shape index (κ1) is 28.3. The van der Waals surface area contributed by atoms with Crippen molar-refractivity contribution in [1.82, 2.24) is 0 Å². The minimum Gasteiger partial charge on any atom is -0.508 e. The molecule has 1 aromatic heterocycles. The molecule has 0 spiro atoms. The summed E-state index contributed by atoms with van der Waals surface area (Å²) in [6, 6.07) is 8.84. The first-order valence-electron chi connectivity index (χ1n) is 13.8. The van der Waals surface area contributed by atoms with Crippen LogP contribution in [0.2, 0.25) is 0 Å². The minimum atomic E-state index is -0.408. The third-order valence-electron chi connectivity index (χ3n) is 6.72. The molecule has 0 unspecified atom stereocenters. The van der Waals surface area contributed by atoms with Crippen molar-refractivity contribution in [2.45, 2.75) is 96.8 Å². The van der Waals surface area contributed by atoms with Gasteiger partial charge in [0.25, 0.3) is 0 Å². The summed E-state index contributed by atoms with van der Waals surface area (Å²) in [5.41, 5.74) is 0.543. The number of carbonyl (C=O) groups excluding carboxylic acids is 1. The summed E-state index contributed by atoms with van der Waals surface area (Å²) < 4.78 is 11.0. The molecule has 0 saturated carbocycles. The smallest absolute Gasteiger partial charge is 0.311 e. The lowest BCUT2D eigenvalue weighted by Crippen LogP contribution is -2.09. The lowest BCUT2D eigenvalue weighted by atomic mass is 10.0. The fourth-order valence-electron chi connectivity index (χ4n) is 4.58. The largest absolute Gasteiger partial charge is 0.508 e. The fraction of sp³-hybridized carbons (Fsp3) is 0.484. The van der Waals surface area contributed by atoms with E-state index in [1.165, 1.54) is 94.7 Å². The third kappa shape index (κ3) is 8.96. The number of rotatable bonds is 16. The van der Waals surface area contributed by atoms with E-state index >= 15 is 0 Å². The van der Waals surface area contributed by atoms with Crippen LogP contribution in [-0.4, -0.2) is 16.2 Å². The third-order valence-corrected chi connectivity index (χ3v) is 6.72. The van der Waals surface area contributed by atoms with Crippen LogP contribution in [0.3, 0.4) is 0 Å². The summed E-state index contributed by atoms with van der Waals surface area (Å²) in [6.45, 7) is 2.25. The van der Waals surface area contributed by atoms with Crippen LogP contribution in [0.25, 0.3) is 22.1 Å². The maximum atomic E-state index is 12.9. The second-order valence-corrected chi connectivity index (χ2v) is 9.81. The van der Waals surface area contributed by atoms with Gasteiger partial charge < -0.3 is 19.4 Å². The van der Waals surface area contributed by atoms with E-state index in [1.54, 1.807) is 12.1 Å². The molecule has 3 rings (SSSR count). The van der Waals surface area contributed by atoms with E-state index < -0.39 is 5.43 Å². The molecule has 2 aromatic carbocycles. The molecule has 0 bridgehead atoms. The molecule has 0 atom stereocenters. The Labute approximate surface area is 219 Å². The molecule has 0 radical (unpaired) electrons. The van der Waals surface area contributed by atoms with Gasteiger partial charge in [0.1, 0.15) is 34.5 Å². The first-order valence-corrected chi connectivity index (χ1v) is 13.8. The van der Waals surface area contributed by atoms with Crippen LogP contribution in [0.1, 0.15) is 96.8 Å².